The van der Waals surface area contributed by atoms with Crippen molar-refractivity contribution < 1.29 is 0 Å². The highest BCUT2D eigenvalue weighted by Crippen LogP contribution is 2.57. The second kappa shape index (κ2) is 12.3. The molecule has 194 valence electrons. The van der Waals surface area contributed by atoms with Crippen molar-refractivity contribution in [1.29, 1.82) is 0 Å². The molecule has 0 saturated heterocycles. The molecule has 0 aliphatic heterocycles. The van der Waals surface area contributed by atoms with Gasteiger partial charge < -0.3 is 0 Å². The monoisotopic (exact) mass is 458 g/mol. The van der Waals surface area contributed by atoms with Crippen LogP contribution in [0.5, 0.6) is 0 Å². The first-order valence-corrected chi connectivity index (χ1v) is 15.9. The zero-order valence-electron chi connectivity index (χ0n) is 24.1. The molecular formula is C33H62. The van der Waals surface area contributed by atoms with Gasteiger partial charge in [-0.2, -0.15) is 0 Å². The molecule has 0 bridgehead atoms. The number of hydrogen-bond donors (Lipinski definition) is 0. The summed E-state index contributed by atoms with van der Waals surface area (Å²) in [6.07, 6.45) is 25.3. The summed E-state index contributed by atoms with van der Waals surface area (Å²) in [6, 6.07) is 0. The first kappa shape index (κ1) is 27.6. The summed E-state index contributed by atoms with van der Waals surface area (Å²) < 4.78 is 0. The average molecular weight is 459 g/mol. The van der Waals surface area contributed by atoms with E-state index in [1.165, 1.54) is 109 Å². The third kappa shape index (κ3) is 5.88. The van der Waals surface area contributed by atoms with Crippen molar-refractivity contribution in [1.82, 2.24) is 0 Å². The minimum absolute atomic E-state index is 0.605. The van der Waals surface area contributed by atoms with Gasteiger partial charge in [0.15, 0.2) is 0 Å². The van der Waals surface area contributed by atoms with Crippen molar-refractivity contribution in [2.45, 2.75) is 158 Å². The first-order chi connectivity index (χ1) is 15.9. The summed E-state index contributed by atoms with van der Waals surface area (Å²) in [5.74, 6) is 6.76. The number of rotatable bonds is 10. The first-order valence-electron chi connectivity index (χ1n) is 15.9. The Kier molecular flexibility index (Phi) is 10.3. The summed E-state index contributed by atoms with van der Waals surface area (Å²) in [5.41, 5.74) is 1.22. The molecule has 0 radical (unpaired) electrons. The third-order valence-corrected chi connectivity index (χ3v) is 12.6. The topological polar surface area (TPSA) is 0 Å². The molecule has 7 atom stereocenters. The number of hydrogen-bond acceptors (Lipinski definition) is 0. The fourth-order valence-corrected chi connectivity index (χ4v) is 10.0. The normalized spacial score (nSPS) is 36.6. The second-order valence-electron chi connectivity index (χ2n) is 13.6. The van der Waals surface area contributed by atoms with Gasteiger partial charge in [0, 0.05) is 0 Å². The summed E-state index contributed by atoms with van der Waals surface area (Å²) in [7, 11) is 0. The van der Waals surface area contributed by atoms with Gasteiger partial charge in [-0.25, -0.2) is 0 Å². The van der Waals surface area contributed by atoms with Crippen molar-refractivity contribution in [2.24, 2.45) is 52.3 Å². The van der Waals surface area contributed by atoms with Gasteiger partial charge in [-0.15, -0.1) is 0 Å². The second-order valence-corrected chi connectivity index (χ2v) is 13.6. The van der Waals surface area contributed by atoms with Gasteiger partial charge in [-0.05, 0) is 77.9 Å². The van der Waals surface area contributed by atoms with Crippen molar-refractivity contribution in [3.05, 3.63) is 0 Å². The predicted octanol–water partition coefficient (Wildman–Crippen LogP) is 11.1. The lowest BCUT2D eigenvalue weighted by molar-refractivity contribution is -0.0337. The molecule has 0 nitrogen and oxygen atoms in total. The quantitative estimate of drug-likeness (QED) is 0.305. The van der Waals surface area contributed by atoms with E-state index in [-0.39, 0.29) is 0 Å². The molecule has 0 N–H and O–H groups in total. The van der Waals surface area contributed by atoms with Crippen LogP contribution in [0.2, 0.25) is 0 Å². The maximum absolute atomic E-state index is 2.72. The van der Waals surface area contributed by atoms with Gasteiger partial charge in [-0.3, -0.25) is 0 Å². The summed E-state index contributed by atoms with van der Waals surface area (Å²) in [5, 5.41) is 0. The Morgan fingerprint density at radius 3 is 1.52 bits per heavy atom. The minimum atomic E-state index is 0.605. The molecule has 0 amide bonds. The molecule has 33 heavy (non-hydrogen) atoms. The van der Waals surface area contributed by atoms with Gasteiger partial charge in [0.2, 0.25) is 0 Å². The van der Waals surface area contributed by atoms with E-state index in [0.717, 1.165) is 41.4 Å². The van der Waals surface area contributed by atoms with Crippen LogP contribution in [0.15, 0.2) is 0 Å². The molecule has 3 aliphatic carbocycles. The van der Waals surface area contributed by atoms with Crippen molar-refractivity contribution in [3.8, 4) is 0 Å². The zero-order valence-corrected chi connectivity index (χ0v) is 24.1. The molecule has 0 aromatic rings. The Morgan fingerprint density at radius 1 is 0.485 bits per heavy atom. The highest BCUT2D eigenvalue weighted by Gasteiger charge is 2.48. The lowest BCUT2D eigenvalue weighted by Crippen LogP contribution is -2.44. The molecule has 3 aliphatic rings. The van der Waals surface area contributed by atoms with E-state index in [0.29, 0.717) is 10.8 Å². The summed E-state index contributed by atoms with van der Waals surface area (Å²) in [4.78, 5) is 0. The fraction of sp³-hybridized carbons (Fsp3) is 1.00. The standard InChI is InChI=1S/C33H62/c1-8-32(9-2,30-21-15-13-18-26(30)6)24-29-20-16-22-31(27(29)7)33(10-3,11-4)23-28-19-14-12-17-25(28)5/h25-31H,8-24H2,1-7H3. The van der Waals surface area contributed by atoms with E-state index in [1.54, 1.807) is 0 Å². The van der Waals surface area contributed by atoms with Crippen LogP contribution in [0.4, 0.5) is 0 Å². The third-order valence-electron chi connectivity index (χ3n) is 12.6. The van der Waals surface area contributed by atoms with Crippen LogP contribution in [0.3, 0.4) is 0 Å². The van der Waals surface area contributed by atoms with Crippen LogP contribution in [0.1, 0.15) is 158 Å². The average Bonchev–Trinajstić information content (AvgIpc) is 2.84. The van der Waals surface area contributed by atoms with Crippen LogP contribution >= 0.6 is 0 Å². The van der Waals surface area contributed by atoms with Crippen LogP contribution in [0, 0.1) is 52.3 Å². The van der Waals surface area contributed by atoms with Crippen LogP contribution in [-0.2, 0) is 0 Å². The van der Waals surface area contributed by atoms with E-state index in [1.807, 2.05) is 0 Å². The maximum Gasteiger partial charge on any atom is -0.0269 e. The molecule has 0 aromatic carbocycles. The van der Waals surface area contributed by atoms with Gasteiger partial charge in [0.25, 0.3) is 0 Å². The molecule has 0 heterocycles. The lowest BCUT2D eigenvalue weighted by Gasteiger charge is -2.53. The van der Waals surface area contributed by atoms with Gasteiger partial charge >= 0.3 is 0 Å². The van der Waals surface area contributed by atoms with Crippen LogP contribution in [-0.4, -0.2) is 0 Å². The van der Waals surface area contributed by atoms with E-state index in [2.05, 4.69) is 48.5 Å². The van der Waals surface area contributed by atoms with Gasteiger partial charge in [0.05, 0.1) is 0 Å². The van der Waals surface area contributed by atoms with E-state index in [4.69, 9.17) is 0 Å². The van der Waals surface area contributed by atoms with Crippen LogP contribution in [0.25, 0.3) is 0 Å². The molecule has 0 spiro atoms. The molecular weight excluding hydrogens is 396 g/mol. The van der Waals surface area contributed by atoms with E-state index < -0.39 is 0 Å². The predicted molar refractivity (Wildman–Crippen MR) is 148 cm³/mol. The Hall–Kier alpha value is 0. The highest BCUT2D eigenvalue weighted by atomic mass is 14.5. The van der Waals surface area contributed by atoms with Crippen molar-refractivity contribution in [2.75, 3.05) is 0 Å². The van der Waals surface area contributed by atoms with Crippen molar-refractivity contribution in [3.63, 3.8) is 0 Å². The molecule has 0 aromatic heterocycles. The molecule has 3 saturated carbocycles. The Morgan fingerprint density at radius 2 is 0.939 bits per heavy atom. The Labute approximate surface area is 209 Å². The minimum Gasteiger partial charge on any atom is -0.0648 e. The van der Waals surface area contributed by atoms with E-state index >= 15 is 0 Å². The van der Waals surface area contributed by atoms with Gasteiger partial charge in [0.1, 0.15) is 0 Å². The molecule has 0 heteroatoms. The van der Waals surface area contributed by atoms with Crippen LogP contribution < -0.4 is 0 Å². The highest BCUT2D eigenvalue weighted by molar-refractivity contribution is 4.98. The Bertz CT molecular complexity index is 552. The smallest absolute Gasteiger partial charge is 0.0269 e. The fourth-order valence-electron chi connectivity index (χ4n) is 10.0. The Balaban J connectivity index is 1.79. The molecule has 7 unspecified atom stereocenters. The SMILES string of the molecule is CCC(CC)(CC1CCCC(C(CC)(CC)CC2CCCCC2C)C1C)C1CCCCC1C. The van der Waals surface area contributed by atoms with E-state index in [9.17, 15) is 0 Å². The van der Waals surface area contributed by atoms with Gasteiger partial charge in [-0.1, -0.05) is 132 Å². The lowest BCUT2D eigenvalue weighted by atomic mass is 9.52. The summed E-state index contributed by atoms with van der Waals surface area (Å²) >= 11 is 0. The maximum atomic E-state index is 2.72. The summed E-state index contributed by atoms with van der Waals surface area (Å²) in [6.45, 7) is 18.1. The molecule has 3 rings (SSSR count). The molecule has 3 fully saturated rings. The van der Waals surface area contributed by atoms with Crippen molar-refractivity contribution >= 4 is 0 Å². The largest absolute Gasteiger partial charge is 0.0648 e. The zero-order chi connectivity index (χ0) is 24.1.